The first-order valence-electron chi connectivity index (χ1n) is 10.6. The molecule has 0 spiro atoms. The number of nitrogens with zero attached hydrogens (tertiary/aromatic N) is 2. The summed E-state index contributed by atoms with van der Waals surface area (Å²) < 4.78 is 33.9. The van der Waals surface area contributed by atoms with Crippen molar-refractivity contribution in [3.63, 3.8) is 0 Å². The molecule has 0 unspecified atom stereocenters. The first-order chi connectivity index (χ1) is 14.8. The summed E-state index contributed by atoms with van der Waals surface area (Å²) in [4.78, 5) is 24.8. The Bertz CT molecular complexity index is 1020. The van der Waals surface area contributed by atoms with Gasteiger partial charge in [0.05, 0.1) is 12.2 Å². The predicted molar refractivity (Wildman–Crippen MR) is 118 cm³/mol. The van der Waals surface area contributed by atoms with Gasteiger partial charge in [-0.15, -0.1) is 0 Å². The molecule has 1 saturated heterocycles. The Morgan fingerprint density at radius 1 is 1.10 bits per heavy atom. The van der Waals surface area contributed by atoms with Crippen LogP contribution >= 0.6 is 0 Å². The molecular formula is C22H29N3O5S. The molecule has 0 aliphatic carbocycles. The van der Waals surface area contributed by atoms with Crippen LogP contribution in [0.1, 0.15) is 59.9 Å². The fourth-order valence-corrected chi connectivity index (χ4v) is 5.02. The molecule has 0 bridgehead atoms. The van der Waals surface area contributed by atoms with Crippen molar-refractivity contribution in [3.8, 4) is 0 Å². The average molecular weight is 448 g/mol. The summed E-state index contributed by atoms with van der Waals surface area (Å²) in [7, 11) is -1.98. The van der Waals surface area contributed by atoms with Gasteiger partial charge in [0.25, 0.3) is 5.91 Å². The molecule has 0 saturated carbocycles. The number of hydrogen-bond donors (Lipinski definition) is 1. The molecule has 1 aliphatic rings. The number of hydrogen-bond acceptors (Lipinski definition) is 5. The predicted octanol–water partition coefficient (Wildman–Crippen LogP) is 3.41. The molecule has 3 rings (SSSR count). The SMILES string of the molecule is CCCCOC(=O)c1ccc(NC(=O)c2cc(S(=O)(=O)N3CCCCC3)cn2C)cc1. The maximum Gasteiger partial charge on any atom is 0.338 e. The number of piperidine rings is 1. The van der Waals surface area contributed by atoms with Gasteiger partial charge in [0, 0.05) is 32.0 Å². The van der Waals surface area contributed by atoms with Crippen LogP contribution in [0, 0.1) is 0 Å². The Labute approximate surface area is 183 Å². The molecule has 31 heavy (non-hydrogen) atoms. The maximum atomic E-state index is 12.9. The smallest absolute Gasteiger partial charge is 0.338 e. The summed E-state index contributed by atoms with van der Waals surface area (Å²) in [5.74, 6) is -0.831. The van der Waals surface area contributed by atoms with Crippen molar-refractivity contribution < 1.29 is 22.7 Å². The van der Waals surface area contributed by atoms with E-state index >= 15 is 0 Å². The number of aromatic nitrogens is 1. The van der Waals surface area contributed by atoms with Crippen molar-refractivity contribution in [2.45, 2.75) is 43.9 Å². The molecule has 1 aromatic heterocycles. The van der Waals surface area contributed by atoms with E-state index in [1.54, 1.807) is 31.3 Å². The minimum Gasteiger partial charge on any atom is -0.462 e. The summed E-state index contributed by atoms with van der Waals surface area (Å²) in [6.45, 7) is 3.41. The molecule has 9 heteroatoms. The first kappa shape index (κ1) is 23.0. The van der Waals surface area contributed by atoms with E-state index in [0.717, 1.165) is 32.1 Å². The minimum absolute atomic E-state index is 0.118. The normalized spacial score (nSPS) is 14.9. The Hall–Kier alpha value is -2.65. The molecule has 1 aromatic carbocycles. The second kappa shape index (κ2) is 10.1. The number of anilines is 1. The standard InChI is InChI=1S/C22H29N3O5S/c1-3-4-14-30-22(27)17-8-10-18(11-9-17)23-21(26)20-15-19(16-24(20)2)31(28,29)25-12-6-5-7-13-25/h8-11,15-16H,3-7,12-14H2,1-2H3,(H,23,26). The number of unbranched alkanes of at least 4 members (excludes halogenated alkanes) is 1. The lowest BCUT2D eigenvalue weighted by Crippen LogP contribution is -2.35. The summed E-state index contributed by atoms with van der Waals surface area (Å²) in [6, 6.07) is 7.80. The largest absolute Gasteiger partial charge is 0.462 e. The molecule has 0 atom stereocenters. The number of nitrogens with one attached hydrogen (secondary N) is 1. The van der Waals surface area contributed by atoms with E-state index in [-0.39, 0.29) is 10.6 Å². The Morgan fingerprint density at radius 3 is 2.42 bits per heavy atom. The van der Waals surface area contributed by atoms with Gasteiger partial charge in [-0.3, -0.25) is 4.79 Å². The quantitative estimate of drug-likeness (QED) is 0.494. The number of benzene rings is 1. The molecule has 1 fully saturated rings. The lowest BCUT2D eigenvalue weighted by atomic mass is 10.2. The molecule has 1 aliphatic heterocycles. The number of esters is 1. The topological polar surface area (TPSA) is 97.7 Å². The molecule has 2 heterocycles. The van der Waals surface area contributed by atoms with Crippen molar-refractivity contribution >= 4 is 27.6 Å². The number of carbonyl (C=O) groups is 2. The second-order valence-corrected chi connectivity index (χ2v) is 9.60. The second-order valence-electron chi connectivity index (χ2n) is 7.66. The Morgan fingerprint density at radius 2 is 1.77 bits per heavy atom. The van der Waals surface area contributed by atoms with Gasteiger partial charge in [0.1, 0.15) is 10.6 Å². The number of sulfonamides is 1. The highest BCUT2D eigenvalue weighted by atomic mass is 32.2. The van der Waals surface area contributed by atoms with Crippen LogP contribution in [0.2, 0.25) is 0 Å². The van der Waals surface area contributed by atoms with Crippen molar-refractivity contribution in [2.75, 3.05) is 25.0 Å². The summed E-state index contributed by atoms with van der Waals surface area (Å²) in [5, 5.41) is 2.74. The van der Waals surface area contributed by atoms with Gasteiger partial charge in [-0.25, -0.2) is 13.2 Å². The van der Waals surface area contributed by atoms with Gasteiger partial charge in [-0.05, 0) is 49.6 Å². The molecule has 0 radical (unpaired) electrons. The zero-order valence-corrected chi connectivity index (χ0v) is 18.8. The average Bonchev–Trinajstić information content (AvgIpc) is 3.17. The first-order valence-corrected chi connectivity index (χ1v) is 12.0. The number of amides is 1. The third-order valence-electron chi connectivity index (χ3n) is 5.27. The summed E-state index contributed by atoms with van der Waals surface area (Å²) in [6.07, 6.45) is 5.95. The van der Waals surface area contributed by atoms with Gasteiger partial charge in [-0.1, -0.05) is 19.8 Å². The van der Waals surface area contributed by atoms with Crippen LogP contribution < -0.4 is 5.32 Å². The van der Waals surface area contributed by atoms with E-state index in [1.165, 1.54) is 21.1 Å². The zero-order valence-electron chi connectivity index (χ0n) is 18.0. The molecule has 1 N–H and O–H groups in total. The monoisotopic (exact) mass is 447 g/mol. The zero-order chi connectivity index (χ0) is 22.4. The van der Waals surface area contributed by atoms with Crippen molar-refractivity contribution in [1.29, 1.82) is 0 Å². The van der Waals surface area contributed by atoms with Gasteiger partial charge in [-0.2, -0.15) is 4.31 Å². The number of aryl methyl sites for hydroxylation is 1. The van der Waals surface area contributed by atoms with E-state index in [0.29, 0.717) is 30.9 Å². The van der Waals surface area contributed by atoms with Gasteiger partial charge in [0.15, 0.2) is 0 Å². The maximum absolute atomic E-state index is 12.9. The van der Waals surface area contributed by atoms with Crippen LogP contribution in [0.3, 0.4) is 0 Å². The van der Waals surface area contributed by atoms with E-state index in [1.807, 2.05) is 6.92 Å². The van der Waals surface area contributed by atoms with Gasteiger partial charge >= 0.3 is 5.97 Å². The van der Waals surface area contributed by atoms with E-state index in [9.17, 15) is 18.0 Å². The van der Waals surface area contributed by atoms with Crippen LogP contribution in [0.25, 0.3) is 0 Å². The van der Waals surface area contributed by atoms with Crippen molar-refractivity contribution in [1.82, 2.24) is 8.87 Å². The van der Waals surface area contributed by atoms with Crippen LogP contribution in [0.15, 0.2) is 41.4 Å². The lowest BCUT2D eigenvalue weighted by molar-refractivity contribution is 0.0499. The van der Waals surface area contributed by atoms with E-state index < -0.39 is 21.9 Å². The molecular weight excluding hydrogens is 418 g/mol. The third kappa shape index (κ3) is 5.54. The van der Waals surface area contributed by atoms with Crippen molar-refractivity contribution in [3.05, 3.63) is 47.8 Å². The van der Waals surface area contributed by atoms with Gasteiger partial charge < -0.3 is 14.6 Å². The fourth-order valence-electron chi connectivity index (χ4n) is 3.43. The van der Waals surface area contributed by atoms with Crippen LogP contribution in [-0.2, 0) is 21.8 Å². The van der Waals surface area contributed by atoms with E-state index in [2.05, 4.69) is 5.32 Å². The molecule has 168 valence electrons. The highest BCUT2D eigenvalue weighted by Gasteiger charge is 2.28. The molecule has 8 nitrogen and oxygen atoms in total. The van der Waals surface area contributed by atoms with Crippen LogP contribution in [0.4, 0.5) is 5.69 Å². The number of carbonyl (C=O) groups excluding carboxylic acids is 2. The fraction of sp³-hybridized carbons (Fsp3) is 0.455. The molecule has 2 aromatic rings. The highest BCUT2D eigenvalue weighted by molar-refractivity contribution is 7.89. The Kier molecular flexibility index (Phi) is 7.50. The van der Waals surface area contributed by atoms with Crippen molar-refractivity contribution in [2.24, 2.45) is 7.05 Å². The molecule has 1 amide bonds. The minimum atomic E-state index is -3.61. The van der Waals surface area contributed by atoms with E-state index in [4.69, 9.17) is 4.74 Å². The number of ether oxygens (including phenoxy) is 1. The van der Waals surface area contributed by atoms with Crippen LogP contribution in [0.5, 0.6) is 0 Å². The summed E-state index contributed by atoms with van der Waals surface area (Å²) >= 11 is 0. The summed E-state index contributed by atoms with van der Waals surface area (Å²) in [5.41, 5.74) is 1.14. The lowest BCUT2D eigenvalue weighted by Gasteiger charge is -2.25. The van der Waals surface area contributed by atoms with Gasteiger partial charge in [0.2, 0.25) is 10.0 Å². The Balaban J connectivity index is 1.67. The highest BCUT2D eigenvalue weighted by Crippen LogP contribution is 2.23. The number of rotatable bonds is 8. The van der Waals surface area contributed by atoms with Crippen LogP contribution in [-0.4, -0.2) is 48.9 Å². The third-order valence-corrected chi connectivity index (χ3v) is 7.14.